The number of aromatic hydroxyl groups is 1. The van der Waals surface area contributed by atoms with Crippen molar-refractivity contribution in [3.8, 4) is 34.1 Å². The zero-order valence-electron chi connectivity index (χ0n) is 16.9. The van der Waals surface area contributed by atoms with Gasteiger partial charge < -0.3 is 14.6 Å². The molecule has 6 nitrogen and oxygen atoms in total. The number of aromatic nitrogens is 2. The lowest BCUT2D eigenvalue weighted by molar-refractivity contribution is 0.0586. The number of nitrogens with zero attached hydrogens (tertiary/aromatic N) is 2. The third-order valence-electron chi connectivity index (χ3n) is 4.71. The second-order valence-corrected chi connectivity index (χ2v) is 6.73. The lowest BCUT2D eigenvalue weighted by atomic mass is 9.99. The summed E-state index contributed by atoms with van der Waals surface area (Å²) in [6.07, 6.45) is 0. The SMILES string of the molecule is COC(=O)c1nc(-c2ccccc2-c2ccccc2)nc(O)c1OCc1ccccc1. The van der Waals surface area contributed by atoms with Crippen molar-refractivity contribution in [2.24, 2.45) is 0 Å². The van der Waals surface area contributed by atoms with Gasteiger partial charge >= 0.3 is 5.97 Å². The van der Waals surface area contributed by atoms with Gasteiger partial charge in [-0.15, -0.1) is 0 Å². The van der Waals surface area contributed by atoms with Crippen LogP contribution in [0.25, 0.3) is 22.5 Å². The summed E-state index contributed by atoms with van der Waals surface area (Å²) in [4.78, 5) is 21.1. The summed E-state index contributed by atoms with van der Waals surface area (Å²) < 4.78 is 10.6. The number of ether oxygens (including phenoxy) is 2. The molecule has 0 fully saturated rings. The Balaban J connectivity index is 1.78. The smallest absolute Gasteiger partial charge is 0.360 e. The Morgan fingerprint density at radius 2 is 1.45 bits per heavy atom. The maximum Gasteiger partial charge on any atom is 0.360 e. The number of methoxy groups -OCH3 is 1. The van der Waals surface area contributed by atoms with Crippen molar-refractivity contribution in [3.63, 3.8) is 0 Å². The van der Waals surface area contributed by atoms with Crippen LogP contribution in [0, 0.1) is 0 Å². The van der Waals surface area contributed by atoms with E-state index in [1.54, 1.807) is 0 Å². The summed E-state index contributed by atoms with van der Waals surface area (Å²) in [6, 6.07) is 26.7. The zero-order valence-corrected chi connectivity index (χ0v) is 16.9. The number of hydrogen-bond donors (Lipinski definition) is 1. The van der Waals surface area contributed by atoms with E-state index >= 15 is 0 Å². The molecule has 1 aromatic heterocycles. The molecule has 0 saturated heterocycles. The van der Waals surface area contributed by atoms with Gasteiger partial charge in [-0.2, -0.15) is 4.98 Å². The van der Waals surface area contributed by atoms with Gasteiger partial charge in [-0.05, 0) is 16.7 Å². The first-order valence-corrected chi connectivity index (χ1v) is 9.68. The van der Waals surface area contributed by atoms with E-state index < -0.39 is 11.8 Å². The Morgan fingerprint density at radius 3 is 2.13 bits per heavy atom. The molecule has 0 radical (unpaired) electrons. The molecule has 31 heavy (non-hydrogen) atoms. The number of rotatable bonds is 6. The molecule has 6 heteroatoms. The molecule has 0 bridgehead atoms. The monoisotopic (exact) mass is 412 g/mol. The van der Waals surface area contributed by atoms with Gasteiger partial charge in [-0.1, -0.05) is 84.9 Å². The number of esters is 1. The lowest BCUT2D eigenvalue weighted by Gasteiger charge is -2.14. The Kier molecular flexibility index (Phi) is 5.89. The van der Waals surface area contributed by atoms with E-state index in [0.29, 0.717) is 5.56 Å². The van der Waals surface area contributed by atoms with E-state index in [-0.39, 0.29) is 23.9 Å². The van der Waals surface area contributed by atoms with Crippen molar-refractivity contribution < 1.29 is 19.4 Å². The average molecular weight is 412 g/mol. The second kappa shape index (κ2) is 9.09. The highest BCUT2D eigenvalue weighted by Crippen LogP contribution is 2.35. The van der Waals surface area contributed by atoms with Crippen LogP contribution < -0.4 is 4.74 Å². The molecule has 0 saturated carbocycles. The predicted molar refractivity (Wildman–Crippen MR) is 117 cm³/mol. The van der Waals surface area contributed by atoms with Gasteiger partial charge in [-0.25, -0.2) is 9.78 Å². The van der Waals surface area contributed by atoms with Gasteiger partial charge in [0.15, 0.2) is 11.5 Å². The summed E-state index contributed by atoms with van der Waals surface area (Å²) in [7, 11) is 1.25. The molecule has 1 N–H and O–H groups in total. The summed E-state index contributed by atoms with van der Waals surface area (Å²) in [5.41, 5.74) is 3.24. The molecule has 0 aliphatic carbocycles. The third-order valence-corrected chi connectivity index (χ3v) is 4.71. The molecule has 0 aliphatic heterocycles. The first kappa shape index (κ1) is 20.1. The summed E-state index contributed by atoms with van der Waals surface area (Å²) in [6.45, 7) is 0.141. The molecular formula is C25H20N2O4. The van der Waals surface area contributed by atoms with Gasteiger partial charge in [0.05, 0.1) is 7.11 Å². The topological polar surface area (TPSA) is 81.5 Å². The van der Waals surface area contributed by atoms with Crippen LogP contribution in [0.3, 0.4) is 0 Å². The number of carbonyl (C=O) groups is 1. The van der Waals surface area contributed by atoms with Gasteiger partial charge in [-0.3, -0.25) is 0 Å². The fraction of sp³-hybridized carbons (Fsp3) is 0.0800. The second-order valence-electron chi connectivity index (χ2n) is 6.73. The Hall–Kier alpha value is -4.19. The maximum absolute atomic E-state index is 12.4. The Morgan fingerprint density at radius 1 is 0.839 bits per heavy atom. The first-order chi connectivity index (χ1) is 15.2. The summed E-state index contributed by atoms with van der Waals surface area (Å²) >= 11 is 0. The molecular weight excluding hydrogens is 392 g/mol. The average Bonchev–Trinajstić information content (AvgIpc) is 2.83. The van der Waals surface area contributed by atoms with Gasteiger partial charge in [0.1, 0.15) is 6.61 Å². The van der Waals surface area contributed by atoms with Crippen molar-refractivity contribution in [3.05, 3.63) is 96.2 Å². The third kappa shape index (κ3) is 4.38. The Bertz CT molecular complexity index is 1190. The highest BCUT2D eigenvalue weighted by Gasteiger charge is 2.24. The van der Waals surface area contributed by atoms with E-state index in [9.17, 15) is 9.90 Å². The predicted octanol–water partition coefficient (Wildman–Crippen LogP) is 4.88. The highest BCUT2D eigenvalue weighted by molar-refractivity contribution is 5.92. The molecule has 154 valence electrons. The molecule has 0 aliphatic rings. The minimum Gasteiger partial charge on any atom is -0.491 e. The number of carbonyl (C=O) groups excluding carboxylic acids is 1. The maximum atomic E-state index is 12.4. The molecule has 3 aromatic carbocycles. The van der Waals surface area contributed by atoms with Crippen LogP contribution in [0.15, 0.2) is 84.9 Å². The van der Waals surface area contributed by atoms with Crippen LogP contribution in [0.5, 0.6) is 11.6 Å². The number of hydrogen-bond acceptors (Lipinski definition) is 6. The van der Waals surface area contributed by atoms with E-state index in [4.69, 9.17) is 9.47 Å². The first-order valence-electron chi connectivity index (χ1n) is 9.68. The summed E-state index contributed by atoms with van der Waals surface area (Å²) in [5, 5.41) is 10.6. The van der Waals surface area contributed by atoms with Crippen LogP contribution in [0.2, 0.25) is 0 Å². The van der Waals surface area contributed by atoms with Crippen molar-refractivity contribution >= 4 is 5.97 Å². The van der Waals surface area contributed by atoms with Crippen molar-refractivity contribution in [2.45, 2.75) is 6.61 Å². The molecule has 0 amide bonds. The highest BCUT2D eigenvalue weighted by atomic mass is 16.5. The Labute approximate surface area is 179 Å². The molecule has 0 atom stereocenters. The number of benzene rings is 3. The lowest BCUT2D eigenvalue weighted by Crippen LogP contribution is -2.11. The van der Waals surface area contributed by atoms with Crippen LogP contribution in [-0.2, 0) is 11.3 Å². The van der Waals surface area contributed by atoms with Gasteiger partial charge in [0.25, 0.3) is 5.88 Å². The molecule has 0 spiro atoms. The normalized spacial score (nSPS) is 10.5. The van der Waals surface area contributed by atoms with Crippen molar-refractivity contribution in [1.29, 1.82) is 0 Å². The van der Waals surface area contributed by atoms with E-state index in [0.717, 1.165) is 16.7 Å². The molecule has 4 aromatic rings. The van der Waals surface area contributed by atoms with Gasteiger partial charge in [0.2, 0.25) is 5.75 Å². The molecule has 4 rings (SSSR count). The fourth-order valence-corrected chi connectivity index (χ4v) is 3.20. The molecule has 1 heterocycles. The zero-order chi connectivity index (χ0) is 21.6. The minimum atomic E-state index is -0.723. The minimum absolute atomic E-state index is 0.114. The van der Waals surface area contributed by atoms with Crippen molar-refractivity contribution in [1.82, 2.24) is 9.97 Å². The van der Waals surface area contributed by atoms with Gasteiger partial charge in [0, 0.05) is 5.56 Å². The largest absolute Gasteiger partial charge is 0.491 e. The quantitative estimate of drug-likeness (QED) is 0.455. The van der Waals surface area contributed by atoms with Crippen LogP contribution in [-0.4, -0.2) is 28.2 Å². The van der Waals surface area contributed by atoms with E-state index in [1.807, 2.05) is 84.9 Å². The van der Waals surface area contributed by atoms with Crippen LogP contribution in [0.4, 0.5) is 0 Å². The fourth-order valence-electron chi connectivity index (χ4n) is 3.20. The van der Waals surface area contributed by atoms with Crippen molar-refractivity contribution in [2.75, 3.05) is 7.11 Å². The standard InChI is InChI=1S/C25H20N2O4/c1-30-25(29)21-22(31-16-17-10-4-2-5-11-17)24(28)27-23(26-21)20-15-9-8-14-19(20)18-12-6-3-7-13-18/h2-15H,16H2,1H3,(H,26,27,28). The van der Waals surface area contributed by atoms with Crippen LogP contribution in [0.1, 0.15) is 16.1 Å². The summed E-state index contributed by atoms with van der Waals surface area (Å²) in [5.74, 6) is -1.07. The van der Waals surface area contributed by atoms with E-state index in [2.05, 4.69) is 9.97 Å². The van der Waals surface area contributed by atoms with Crippen LogP contribution >= 0.6 is 0 Å². The van der Waals surface area contributed by atoms with E-state index in [1.165, 1.54) is 7.11 Å². The molecule has 0 unspecified atom stereocenters.